The number of carbonyl (C=O) groups is 2. The van der Waals surface area contributed by atoms with Gasteiger partial charge in [-0.25, -0.2) is 4.79 Å². The summed E-state index contributed by atoms with van der Waals surface area (Å²) in [5, 5.41) is 0.492. The molecule has 0 saturated carbocycles. The van der Waals surface area contributed by atoms with E-state index in [0.29, 0.717) is 10.6 Å². The lowest BCUT2D eigenvalue weighted by Crippen LogP contribution is -2.01. The molecule has 19 heavy (non-hydrogen) atoms. The van der Waals surface area contributed by atoms with E-state index in [2.05, 4.69) is 27.3 Å². The van der Waals surface area contributed by atoms with Crippen molar-refractivity contribution in [1.82, 2.24) is 0 Å². The van der Waals surface area contributed by atoms with Crippen molar-refractivity contribution in [3.05, 3.63) is 56.0 Å². The van der Waals surface area contributed by atoms with Crippen molar-refractivity contribution in [1.29, 1.82) is 0 Å². The van der Waals surface area contributed by atoms with Crippen molar-refractivity contribution >= 4 is 45.9 Å². The van der Waals surface area contributed by atoms with Gasteiger partial charge in [0.1, 0.15) is 0 Å². The molecule has 2 rings (SSSR count). The van der Waals surface area contributed by atoms with Crippen LogP contribution in [0.2, 0.25) is 5.02 Å². The summed E-state index contributed by atoms with van der Waals surface area (Å²) in [6.45, 7) is 0. The maximum absolute atomic E-state index is 12.1. The van der Waals surface area contributed by atoms with Gasteiger partial charge in [0.25, 0.3) is 0 Å². The third-order valence-electron chi connectivity index (χ3n) is 2.40. The molecule has 0 spiro atoms. The Morgan fingerprint density at radius 1 is 1.21 bits per heavy atom. The van der Waals surface area contributed by atoms with Crippen LogP contribution in [0, 0.1) is 3.57 Å². The third kappa shape index (κ3) is 2.98. The summed E-state index contributed by atoms with van der Waals surface area (Å²) >= 11 is 8.03. The first-order chi connectivity index (χ1) is 9.02. The first kappa shape index (κ1) is 14.1. The van der Waals surface area contributed by atoms with Gasteiger partial charge in [-0.15, -0.1) is 0 Å². The zero-order valence-corrected chi connectivity index (χ0v) is 12.7. The van der Waals surface area contributed by atoms with Crippen LogP contribution in [-0.2, 0) is 4.74 Å². The summed E-state index contributed by atoms with van der Waals surface area (Å²) in [4.78, 5) is 23.4. The number of rotatable bonds is 3. The molecule has 2 aromatic rings. The lowest BCUT2D eigenvalue weighted by Gasteiger charge is -2.00. The zero-order chi connectivity index (χ0) is 14.0. The van der Waals surface area contributed by atoms with Crippen LogP contribution < -0.4 is 0 Å². The summed E-state index contributed by atoms with van der Waals surface area (Å²) in [5.41, 5.74) is 0.399. The molecule has 0 fully saturated rings. The second-order valence-corrected chi connectivity index (χ2v) is 5.18. The van der Waals surface area contributed by atoms with Gasteiger partial charge in [-0.2, -0.15) is 0 Å². The van der Waals surface area contributed by atoms with Gasteiger partial charge < -0.3 is 9.15 Å². The minimum Gasteiger partial charge on any atom is -0.463 e. The zero-order valence-electron chi connectivity index (χ0n) is 9.78. The number of ketones is 1. The minimum atomic E-state index is -0.625. The van der Waals surface area contributed by atoms with Crippen LogP contribution in [0.15, 0.2) is 34.7 Å². The molecule has 0 aliphatic rings. The minimum absolute atomic E-state index is 0.0116. The van der Waals surface area contributed by atoms with E-state index in [1.165, 1.54) is 19.2 Å². The molecule has 0 atom stereocenters. The van der Waals surface area contributed by atoms with Crippen LogP contribution in [-0.4, -0.2) is 18.9 Å². The molecule has 0 aliphatic heterocycles. The predicted molar refractivity (Wildman–Crippen MR) is 77.6 cm³/mol. The number of hydrogen-bond acceptors (Lipinski definition) is 4. The van der Waals surface area contributed by atoms with Crippen molar-refractivity contribution in [2.24, 2.45) is 0 Å². The van der Waals surface area contributed by atoms with Crippen LogP contribution >= 0.6 is 34.2 Å². The number of hydrogen-bond donors (Lipinski definition) is 0. The van der Waals surface area contributed by atoms with E-state index in [1.54, 1.807) is 18.2 Å². The highest BCUT2D eigenvalue weighted by Crippen LogP contribution is 2.22. The molecule has 0 aliphatic carbocycles. The standard InChI is InChI=1S/C13H8ClIO4/c1-18-13(17)11-5-4-10(19-11)12(16)7-2-3-9(15)8(14)6-7/h2-6H,1H3. The molecule has 98 valence electrons. The lowest BCUT2D eigenvalue weighted by molar-refractivity contribution is 0.0563. The molecule has 0 unspecified atom stereocenters. The highest BCUT2D eigenvalue weighted by Gasteiger charge is 2.18. The molecule has 0 radical (unpaired) electrons. The monoisotopic (exact) mass is 390 g/mol. The van der Waals surface area contributed by atoms with E-state index in [-0.39, 0.29) is 17.3 Å². The van der Waals surface area contributed by atoms with E-state index < -0.39 is 5.97 Å². The van der Waals surface area contributed by atoms with Gasteiger partial charge in [0.2, 0.25) is 11.5 Å². The largest absolute Gasteiger partial charge is 0.463 e. The van der Waals surface area contributed by atoms with E-state index in [0.717, 1.165) is 3.57 Å². The fourth-order valence-electron chi connectivity index (χ4n) is 1.45. The van der Waals surface area contributed by atoms with Gasteiger partial charge >= 0.3 is 5.97 Å². The first-order valence-electron chi connectivity index (χ1n) is 5.21. The number of halogens is 2. The number of esters is 1. The van der Waals surface area contributed by atoms with E-state index in [9.17, 15) is 9.59 Å². The molecule has 1 aromatic carbocycles. The van der Waals surface area contributed by atoms with Crippen LogP contribution in [0.4, 0.5) is 0 Å². The van der Waals surface area contributed by atoms with Gasteiger partial charge in [-0.3, -0.25) is 4.79 Å². The molecule has 0 bridgehead atoms. The predicted octanol–water partition coefficient (Wildman–Crippen LogP) is 3.56. The van der Waals surface area contributed by atoms with Crippen molar-refractivity contribution in [2.75, 3.05) is 7.11 Å². The number of ether oxygens (including phenoxy) is 1. The van der Waals surface area contributed by atoms with Gasteiger partial charge in [0.05, 0.1) is 12.1 Å². The number of benzene rings is 1. The molecule has 1 heterocycles. The Morgan fingerprint density at radius 2 is 1.89 bits per heavy atom. The summed E-state index contributed by atoms with van der Waals surface area (Å²) in [6.07, 6.45) is 0. The van der Waals surface area contributed by atoms with E-state index >= 15 is 0 Å². The van der Waals surface area contributed by atoms with E-state index in [4.69, 9.17) is 16.0 Å². The Hall–Kier alpha value is -1.34. The van der Waals surface area contributed by atoms with Crippen LogP contribution in [0.25, 0.3) is 0 Å². The molecule has 0 N–H and O–H groups in total. The Morgan fingerprint density at radius 3 is 2.53 bits per heavy atom. The van der Waals surface area contributed by atoms with Gasteiger partial charge in [-0.1, -0.05) is 11.6 Å². The van der Waals surface area contributed by atoms with Crippen molar-refractivity contribution in [3.63, 3.8) is 0 Å². The molecular formula is C13H8ClIO4. The smallest absolute Gasteiger partial charge is 0.373 e. The summed E-state index contributed by atoms with van der Waals surface area (Å²) < 4.78 is 10.5. The van der Waals surface area contributed by atoms with Gasteiger partial charge in [-0.05, 0) is 52.9 Å². The second-order valence-electron chi connectivity index (χ2n) is 3.61. The molecule has 6 heteroatoms. The number of methoxy groups -OCH3 is 1. The fourth-order valence-corrected chi connectivity index (χ4v) is 1.97. The maximum atomic E-state index is 12.1. The number of carbonyl (C=O) groups excluding carboxylic acids is 2. The Balaban J connectivity index is 2.31. The average Bonchev–Trinajstić information content (AvgIpc) is 2.89. The summed E-state index contributed by atoms with van der Waals surface area (Å²) in [5.74, 6) is -0.909. The topological polar surface area (TPSA) is 56.5 Å². The highest BCUT2D eigenvalue weighted by atomic mass is 127. The lowest BCUT2D eigenvalue weighted by atomic mass is 10.1. The highest BCUT2D eigenvalue weighted by molar-refractivity contribution is 14.1. The second kappa shape index (κ2) is 5.75. The Labute approximate surface area is 127 Å². The third-order valence-corrected chi connectivity index (χ3v) is 3.97. The molecule has 0 amide bonds. The van der Waals surface area contributed by atoms with E-state index in [1.807, 2.05) is 0 Å². The van der Waals surface area contributed by atoms with Crippen LogP contribution in [0.5, 0.6) is 0 Å². The maximum Gasteiger partial charge on any atom is 0.373 e. The Bertz CT molecular complexity index is 648. The van der Waals surface area contributed by atoms with Gasteiger partial charge in [0.15, 0.2) is 5.76 Å². The van der Waals surface area contributed by atoms with Crippen molar-refractivity contribution < 1.29 is 18.7 Å². The van der Waals surface area contributed by atoms with Gasteiger partial charge in [0, 0.05) is 9.13 Å². The van der Waals surface area contributed by atoms with Crippen molar-refractivity contribution in [3.8, 4) is 0 Å². The quantitative estimate of drug-likeness (QED) is 0.457. The first-order valence-corrected chi connectivity index (χ1v) is 6.66. The SMILES string of the molecule is COC(=O)c1ccc(C(=O)c2ccc(I)c(Cl)c2)o1. The fraction of sp³-hybridized carbons (Fsp3) is 0.0769. The molecule has 0 saturated heterocycles. The normalized spacial score (nSPS) is 10.3. The molecular weight excluding hydrogens is 382 g/mol. The van der Waals surface area contributed by atoms with Crippen LogP contribution in [0.1, 0.15) is 26.7 Å². The summed E-state index contributed by atoms with van der Waals surface area (Å²) in [7, 11) is 1.24. The van der Waals surface area contributed by atoms with Crippen molar-refractivity contribution in [2.45, 2.75) is 0 Å². The van der Waals surface area contributed by atoms with Crippen LogP contribution in [0.3, 0.4) is 0 Å². The number of furan rings is 1. The summed E-state index contributed by atoms with van der Waals surface area (Å²) in [6, 6.07) is 7.77. The molecule has 1 aromatic heterocycles. The molecule has 4 nitrogen and oxygen atoms in total. The Kier molecular flexibility index (Phi) is 4.26. The average molecular weight is 391 g/mol.